The van der Waals surface area contributed by atoms with Gasteiger partial charge in [0, 0.05) is 0 Å². The van der Waals surface area contributed by atoms with E-state index in [1.807, 2.05) is 6.08 Å². The minimum Gasteiger partial charge on any atom is -0.372 e. The molecule has 1 aliphatic heterocycles. The molecule has 1 heterocycles. The van der Waals surface area contributed by atoms with E-state index in [9.17, 15) is 0 Å². The maximum atomic E-state index is 5.96. The highest BCUT2D eigenvalue weighted by Crippen LogP contribution is 2.38. The largest absolute Gasteiger partial charge is 0.372 e. The third kappa shape index (κ3) is 5.25. The van der Waals surface area contributed by atoms with Crippen LogP contribution in [-0.2, 0) is 4.74 Å². The summed E-state index contributed by atoms with van der Waals surface area (Å²) in [7, 11) is 0. The molecule has 0 amide bonds. The van der Waals surface area contributed by atoms with Crippen LogP contribution in [0.15, 0.2) is 12.7 Å². The molecule has 0 radical (unpaired) electrons. The van der Waals surface area contributed by atoms with E-state index in [1.54, 1.807) is 0 Å². The summed E-state index contributed by atoms with van der Waals surface area (Å²) in [5.74, 6) is 0.769. The Balaban J connectivity index is 2.04. The smallest absolute Gasteiger partial charge is 0.0659 e. The monoisotopic (exact) mass is 238 g/mol. The van der Waals surface area contributed by atoms with Crippen LogP contribution in [0.1, 0.15) is 72.1 Å². The number of ether oxygens (including phenoxy) is 1. The summed E-state index contributed by atoms with van der Waals surface area (Å²) in [6, 6.07) is 0. The van der Waals surface area contributed by atoms with Crippen LogP contribution < -0.4 is 0 Å². The Morgan fingerprint density at radius 1 is 1.18 bits per heavy atom. The zero-order valence-electron chi connectivity index (χ0n) is 12.0. The van der Waals surface area contributed by atoms with E-state index in [1.165, 1.54) is 51.4 Å². The first-order valence-electron chi connectivity index (χ1n) is 7.35. The summed E-state index contributed by atoms with van der Waals surface area (Å²) in [4.78, 5) is 0. The summed E-state index contributed by atoms with van der Waals surface area (Å²) in [5, 5.41) is 0. The second kappa shape index (κ2) is 7.20. The first kappa shape index (κ1) is 14.8. The zero-order chi connectivity index (χ0) is 12.7. The lowest BCUT2D eigenvalue weighted by Gasteiger charge is -2.25. The van der Waals surface area contributed by atoms with Crippen LogP contribution in [0.2, 0.25) is 0 Å². The minimum absolute atomic E-state index is 0.113. The van der Waals surface area contributed by atoms with Gasteiger partial charge in [0.1, 0.15) is 0 Å². The van der Waals surface area contributed by atoms with Crippen molar-refractivity contribution in [3.05, 3.63) is 12.7 Å². The lowest BCUT2D eigenvalue weighted by molar-refractivity contribution is -0.0259. The van der Waals surface area contributed by atoms with Crippen LogP contribution >= 0.6 is 0 Å². The zero-order valence-corrected chi connectivity index (χ0v) is 12.0. The van der Waals surface area contributed by atoms with Gasteiger partial charge in [0.25, 0.3) is 0 Å². The Morgan fingerprint density at radius 3 is 2.41 bits per heavy atom. The predicted octanol–water partition coefficient (Wildman–Crippen LogP) is 5.11. The van der Waals surface area contributed by atoms with Gasteiger partial charge in [-0.15, -0.1) is 6.58 Å². The molecule has 0 aromatic heterocycles. The highest BCUT2D eigenvalue weighted by Gasteiger charge is 2.38. The molecular formula is C16H30O. The topological polar surface area (TPSA) is 9.23 Å². The van der Waals surface area contributed by atoms with E-state index in [0.29, 0.717) is 6.10 Å². The van der Waals surface area contributed by atoms with Crippen LogP contribution in [0.5, 0.6) is 0 Å². The Labute approximate surface area is 108 Å². The molecule has 1 saturated heterocycles. The standard InChI is InChI=1S/C16H30O/c1-5-6-7-8-9-10-11-12-15-13-14(2)17-16(15,3)4/h5,14-15H,1,6-13H2,2-4H3. The Hall–Kier alpha value is -0.300. The van der Waals surface area contributed by atoms with Crippen LogP contribution in [0.4, 0.5) is 0 Å². The lowest BCUT2D eigenvalue weighted by Crippen LogP contribution is -2.27. The molecule has 0 aromatic rings. The number of allylic oxidation sites excluding steroid dienone is 1. The van der Waals surface area contributed by atoms with Crippen molar-refractivity contribution in [2.75, 3.05) is 0 Å². The third-order valence-electron chi connectivity index (χ3n) is 4.07. The van der Waals surface area contributed by atoms with Crippen molar-refractivity contribution in [3.8, 4) is 0 Å². The fourth-order valence-electron chi connectivity index (χ4n) is 3.02. The molecule has 17 heavy (non-hydrogen) atoms. The SMILES string of the molecule is C=CCCCCCCCC1CC(C)OC1(C)C. The maximum Gasteiger partial charge on any atom is 0.0659 e. The molecule has 2 unspecified atom stereocenters. The van der Waals surface area contributed by atoms with E-state index >= 15 is 0 Å². The molecule has 0 aliphatic carbocycles. The molecule has 0 aromatic carbocycles. The van der Waals surface area contributed by atoms with Crippen molar-refractivity contribution in [1.29, 1.82) is 0 Å². The molecule has 1 aliphatic rings. The molecule has 1 heteroatoms. The van der Waals surface area contributed by atoms with E-state index in [-0.39, 0.29) is 5.60 Å². The van der Waals surface area contributed by atoms with Gasteiger partial charge < -0.3 is 4.74 Å². The summed E-state index contributed by atoms with van der Waals surface area (Å²) in [5.41, 5.74) is 0.113. The fraction of sp³-hybridized carbons (Fsp3) is 0.875. The predicted molar refractivity (Wildman–Crippen MR) is 75.2 cm³/mol. The number of hydrogen-bond donors (Lipinski definition) is 0. The lowest BCUT2D eigenvalue weighted by atomic mass is 9.85. The maximum absolute atomic E-state index is 5.96. The van der Waals surface area contributed by atoms with Crippen molar-refractivity contribution in [3.63, 3.8) is 0 Å². The molecule has 2 atom stereocenters. The molecule has 0 spiro atoms. The third-order valence-corrected chi connectivity index (χ3v) is 4.07. The summed E-state index contributed by atoms with van der Waals surface area (Å²) in [6.45, 7) is 10.5. The van der Waals surface area contributed by atoms with E-state index < -0.39 is 0 Å². The molecule has 0 N–H and O–H groups in total. The highest BCUT2D eigenvalue weighted by molar-refractivity contribution is 4.87. The summed E-state index contributed by atoms with van der Waals surface area (Å²) < 4.78 is 5.96. The summed E-state index contributed by atoms with van der Waals surface area (Å²) in [6.07, 6.45) is 13.1. The molecule has 0 saturated carbocycles. The average molecular weight is 238 g/mol. The first-order valence-corrected chi connectivity index (χ1v) is 7.35. The van der Waals surface area contributed by atoms with Gasteiger partial charge in [-0.3, -0.25) is 0 Å². The van der Waals surface area contributed by atoms with Gasteiger partial charge in [-0.25, -0.2) is 0 Å². The van der Waals surface area contributed by atoms with Crippen molar-refractivity contribution in [1.82, 2.24) is 0 Å². The van der Waals surface area contributed by atoms with Gasteiger partial charge in [-0.1, -0.05) is 31.8 Å². The summed E-state index contributed by atoms with van der Waals surface area (Å²) >= 11 is 0. The van der Waals surface area contributed by atoms with Gasteiger partial charge in [-0.2, -0.15) is 0 Å². The van der Waals surface area contributed by atoms with E-state index in [0.717, 1.165) is 5.92 Å². The van der Waals surface area contributed by atoms with Gasteiger partial charge in [0.05, 0.1) is 11.7 Å². The molecule has 1 rings (SSSR count). The van der Waals surface area contributed by atoms with Crippen molar-refractivity contribution in [2.45, 2.75) is 83.8 Å². The van der Waals surface area contributed by atoms with Crippen molar-refractivity contribution >= 4 is 0 Å². The Kier molecular flexibility index (Phi) is 6.26. The van der Waals surface area contributed by atoms with Gasteiger partial charge in [-0.05, 0) is 52.4 Å². The first-order chi connectivity index (χ1) is 8.06. The second-order valence-electron chi connectivity index (χ2n) is 6.10. The Morgan fingerprint density at radius 2 is 1.82 bits per heavy atom. The van der Waals surface area contributed by atoms with E-state index in [2.05, 4.69) is 27.4 Å². The minimum atomic E-state index is 0.113. The Bertz CT molecular complexity index is 220. The molecule has 100 valence electrons. The number of rotatable bonds is 8. The molecule has 1 nitrogen and oxygen atoms in total. The molecular weight excluding hydrogens is 208 g/mol. The van der Waals surface area contributed by atoms with Gasteiger partial charge in [0.15, 0.2) is 0 Å². The second-order valence-corrected chi connectivity index (χ2v) is 6.10. The van der Waals surface area contributed by atoms with Gasteiger partial charge in [0.2, 0.25) is 0 Å². The van der Waals surface area contributed by atoms with Crippen molar-refractivity contribution in [2.24, 2.45) is 5.92 Å². The fourth-order valence-corrected chi connectivity index (χ4v) is 3.02. The van der Waals surface area contributed by atoms with Crippen LogP contribution in [-0.4, -0.2) is 11.7 Å². The molecule has 0 bridgehead atoms. The number of unbranched alkanes of at least 4 members (excludes halogenated alkanes) is 5. The number of hydrogen-bond acceptors (Lipinski definition) is 1. The van der Waals surface area contributed by atoms with Crippen molar-refractivity contribution < 1.29 is 4.74 Å². The highest BCUT2D eigenvalue weighted by atomic mass is 16.5. The molecule has 1 fully saturated rings. The normalized spacial score (nSPS) is 27.2. The van der Waals surface area contributed by atoms with Gasteiger partial charge >= 0.3 is 0 Å². The average Bonchev–Trinajstić information content (AvgIpc) is 2.50. The van der Waals surface area contributed by atoms with Crippen LogP contribution in [0, 0.1) is 5.92 Å². The van der Waals surface area contributed by atoms with E-state index in [4.69, 9.17) is 4.74 Å². The van der Waals surface area contributed by atoms with Crippen LogP contribution in [0.25, 0.3) is 0 Å². The van der Waals surface area contributed by atoms with Crippen LogP contribution in [0.3, 0.4) is 0 Å². The quantitative estimate of drug-likeness (QED) is 0.422.